The lowest BCUT2D eigenvalue weighted by atomic mass is 9.80. The molecule has 2 aromatic rings. The van der Waals surface area contributed by atoms with Gasteiger partial charge in [0.05, 0.1) is 12.0 Å². The smallest absolute Gasteiger partial charge is 0.250 e. The third-order valence-electron chi connectivity index (χ3n) is 7.96. The average molecular weight is 464 g/mol. The molecule has 0 spiro atoms. The van der Waals surface area contributed by atoms with Crippen molar-refractivity contribution in [1.82, 2.24) is 14.8 Å². The van der Waals surface area contributed by atoms with Crippen molar-refractivity contribution in [2.75, 3.05) is 26.8 Å². The lowest BCUT2D eigenvalue weighted by Crippen LogP contribution is -2.48. The van der Waals surface area contributed by atoms with Crippen LogP contribution in [0.4, 0.5) is 0 Å². The van der Waals surface area contributed by atoms with Crippen molar-refractivity contribution in [3.63, 3.8) is 0 Å². The SMILES string of the molecule is COCCCc1ccc2c(c1)C(N(C(=O)[C@H]1CNCC[C@@H]1c1ccn(C)c(=O)c1)C1CC1)CC2. The summed E-state index contributed by atoms with van der Waals surface area (Å²) in [7, 11) is 3.52. The summed E-state index contributed by atoms with van der Waals surface area (Å²) in [5, 5.41) is 3.46. The Morgan fingerprint density at radius 1 is 1.18 bits per heavy atom. The van der Waals surface area contributed by atoms with Crippen molar-refractivity contribution in [1.29, 1.82) is 0 Å². The molecule has 1 saturated heterocycles. The van der Waals surface area contributed by atoms with Gasteiger partial charge in [0.2, 0.25) is 5.91 Å². The van der Waals surface area contributed by atoms with Crippen LogP contribution in [-0.2, 0) is 29.4 Å². The zero-order chi connectivity index (χ0) is 23.7. The van der Waals surface area contributed by atoms with Gasteiger partial charge in [-0.1, -0.05) is 18.2 Å². The normalized spacial score (nSPS) is 24.1. The van der Waals surface area contributed by atoms with Gasteiger partial charge in [-0.05, 0) is 85.7 Å². The van der Waals surface area contributed by atoms with Crippen LogP contribution >= 0.6 is 0 Å². The van der Waals surface area contributed by atoms with Gasteiger partial charge >= 0.3 is 0 Å². The van der Waals surface area contributed by atoms with E-state index in [0.717, 1.165) is 63.7 Å². The van der Waals surface area contributed by atoms with Gasteiger partial charge in [0.25, 0.3) is 5.56 Å². The van der Waals surface area contributed by atoms with Crippen molar-refractivity contribution < 1.29 is 9.53 Å². The number of carbonyl (C=O) groups is 1. The molecule has 1 saturated carbocycles. The molecule has 3 aliphatic rings. The van der Waals surface area contributed by atoms with Crippen LogP contribution in [0.3, 0.4) is 0 Å². The van der Waals surface area contributed by atoms with Crippen LogP contribution in [0.5, 0.6) is 0 Å². The van der Waals surface area contributed by atoms with Gasteiger partial charge in [0.1, 0.15) is 0 Å². The highest BCUT2D eigenvalue weighted by Gasteiger charge is 2.45. The average Bonchev–Trinajstić information content (AvgIpc) is 3.61. The number of carbonyl (C=O) groups excluding carboxylic acids is 1. The lowest BCUT2D eigenvalue weighted by molar-refractivity contribution is -0.140. The Labute approximate surface area is 202 Å². The van der Waals surface area contributed by atoms with E-state index in [2.05, 4.69) is 28.4 Å². The van der Waals surface area contributed by atoms with E-state index in [4.69, 9.17) is 4.74 Å². The lowest BCUT2D eigenvalue weighted by Gasteiger charge is -2.38. The van der Waals surface area contributed by atoms with Gasteiger partial charge in [-0.2, -0.15) is 0 Å². The van der Waals surface area contributed by atoms with E-state index in [1.807, 2.05) is 12.3 Å². The molecule has 1 aliphatic heterocycles. The van der Waals surface area contributed by atoms with Crippen LogP contribution in [0.25, 0.3) is 0 Å². The molecule has 6 nitrogen and oxygen atoms in total. The zero-order valence-electron chi connectivity index (χ0n) is 20.5. The van der Waals surface area contributed by atoms with Gasteiger partial charge < -0.3 is 19.5 Å². The van der Waals surface area contributed by atoms with Crippen LogP contribution in [-0.4, -0.2) is 48.2 Å². The second kappa shape index (κ2) is 10.0. The van der Waals surface area contributed by atoms with E-state index in [9.17, 15) is 9.59 Å². The molecule has 1 unspecified atom stereocenters. The van der Waals surface area contributed by atoms with Gasteiger partial charge in [0.15, 0.2) is 0 Å². The van der Waals surface area contributed by atoms with Crippen molar-refractivity contribution in [3.05, 3.63) is 69.1 Å². The molecule has 0 bridgehead atoms. The second-order valence-electron chi connectivity index (χ2n) is 10.3. The Hall–Kier alpha value is -2.44. The number of piperidine rings is 1. The summed E-state index contributed by atoms with van der Waals surface area (Å²) >= 11 is 0. The number of hydrogen-bond acceptors (Lipinski definition) is 4. The van der Waals surface area contributed by atoms with Crippen LogP contribution in [0.2, 0.25) is 0 Å². The van der Waals surface area contributed by atoms with Gasteiger partial charge in [-0.15, -0.1) is 0 Å². The topological polar surface area (TPSA) is 63.6 Å². The summed E-state index contributed by atoms with van der Waals surface area (Å²) in [6.07, 6.45) is 8.97. The number of aryl methyl sites for hydroxylation is 3. The first-order valence-corrected chi connectivity index (χ1v) is 12.9. The molecule has 2 fully saturated rings. The monoisotopic (exact) mass is 463 g/mol. The first-order chi connectivity index (χ1) is 16.6. The Kier molecular flexibility index (Phi) is 6.89. The fourth-order valence-electron chi connectivity index (χ4n) is 5.94. The standard InChI is InChI=1S/C28H37N3O3/c1-30-14-12-21(17-27(30)32)23-11-13-29-18-25(23)28(33)31(22-8-9-22)26-10-7-20-6-5-19(16-24(20)26)4-3-15-34-2/h5-6,12,14,16-17,22-23,25-26,29H,3-4,7-11,13,15,18H2,1-2H3/t23-,25+,26?/m1/s1. The highest BCUT2D eigenvalue weighted by Crippen LogP contribution is 2.44. The first-order valence-electron chi connectivity index (χ1n) is 12.9. The first kappa shape index (κ1) is 23.3. The number of hydrogen-bond donors (Lipinski definition) is 1. The molecule has 2 heterocycles. The summed E-state index contributed by atoms with van der Waals surface area (Å²) in [6, 6.07) is 11.2. The third-order valence-corrected chi connectivity index (χ3v) is 7.96. The van der Waals surface area contributed by atoms with E-state index < -0.39 is 0 Å². The number of benzene rings is 1. The van der Waals surface area contributed by atoms with Crippen molar-refractivity contribution in [2.24, 2.45) is 13.0 Å². The number of ether oxygens (including phenoxy) is 1. The fourth-order valence-corrected chi connectivity index (χ4v) is 5.94. The van der Waals surface area contributed by atoms with Crippen LogP contribution < -0.4 is 10.9 Å². The van der Waals surface area contributed by atoms with Gasteiger partial charge in [0, 0.05) is 45.6 Å². The van der Waals surface area contributed by atoms with Crippen molar-refractivity contribution in [2.45, 2.75) is 62.9 Å². The minimum atomic E-state index is -0.129. The van der Waals surface area contributed by atoms with Crippen molar-refractivity contribution in [3.8, 4) is 0 Å². The minimum Gasteiger partial charge on any atom is -0.385 e. The van der Waals surface area contributed by atoms with Gasteiger partial charge in [-0.25, -0.2) is 0 Å². The Morgan fingerprint density at radius 3 is 2.79 bits per heavy atom. The summed E-state index contributed by atoms with van der Waals surface area (Å²) in [5.41, 5.74) is 5.08. The summed E-state index contributed by atoms with van der Waals surface area (Å²) in [5.74, 6) is 0.226. The number of rotatable bonds is 8. The predicted octanol–water partition coefficient (Wildman–Crippen LogP) is 3.34. The number of fused-ring (bicyclic) bond motifs is 1. The summed E-state index contributed by atoms with van der Waals surface area (Å²) < 4.78 is 6.83. The largest absolute Gasteiger partial charge is 0.385 e. The molecule has 1 N–H and O–H groups in total. The Balaban J connectivity index is 1.41. The number of amides is 1. The van der Waals surface area contributed by atoms with E-state index >= 15 is 0 Å². The summed E-state index contributed by atoms with van der Waals surface area (Å²) in [4.78, 5) is 28.8. The Morgan fingerprint density at radius 2 is 2.03 bits per heavy atom. The molecule has 3 atom stereocenters. The summed E-state index contributed by atoms with van der Waals surface area (Å²) in [6.45, 7) is 2.33. The molecular formula is C28H37N3O3. The van der Waals surface area contributed by atoms with Crippen LogP contribution in [0.1, 0.15) is 66.3 Å². The van der Waals surface area contributed by atoms with E-state index in [1.54, 1.807) is 24.8 Å². The molecule has 0 radical (unpaired) electrons. The van der Waals surface area contributed by atoms with E-state index in [-0.39, 0.29) is 29.3 Å². The number of methoxy groups -OCH3 is 1. The maximum atomic E-state index is 14.2. The van der Waals surface area contributed by atoms with Crippen LogP contribution in [0.15, 0.2) is 41.3 Å². The van der Waals surface area contributed by atoms with Gasteiger partial charge in [-0.3, -0.25) is 9.59 Å². The maximum absolute atomic E-state index is 14.2. The van der Waals surface area contributed by atoms with E-state index in [1.165, 1.54) is 16.7 Å². The molecule has 6 heteroatoms. The van der Waals surface area contributed by atoms with Crippen molar-refractivity contribution >= 4 is 5.91 Å². The second-order valence-corrected chi connectivity index (χ2v) is 10.3. The third kappa shape index (κ3) is 4.71. The minimum absolute atomic E-state index is 0.00740. The molecule has 1 amide bonds. The molecule has 2 aliphatic carbocycles. The Bertz CT molecular complexity index is 1090. The number of nitrogens with zero attached hydrogens (tertiary/aromatic N) is 2. The molecular weight excluding hydrogens is 426 g/mol. The maximum Gasteiger partial charge on any atom is 0.250 e. The highest BCUT2D eigenvalue weighted by atomic mass is 16.5. The van der Waals surface area contributed by atoms with Crippen LogP contribution in [0, 0.1) is 5.92 Å². The molecule has 182 valence electrons. The number of nitrogens with one attached hydrogen (secondary N) is 1. The molecule has 34 heavy (non-hydrogen) atoms. The fraction of sp³-hybridized carbons (Fsp3) is 0.571. The van der Waals surface area contributed by atoms with E-state index in [0.29, 0.717) is 12.6 Å². The zero-order valence-corrected chi connectivity index (χ0v) is 20.5. The predicted molar refractivity (Wildman–Crippen MR) is 133 cm³/mol. The molecule has 5 rings (SSSR count). The number of aromatic nitrogens is 1. The quantitative estimate of drug-likeness (QED) is 0.610. The highest BCUT2D eigenvalue weighted by molar-refractivity contribution is 5.82. The number of pyridine rings is 1. The molecule has 1 aromatic carbocycles. The molecule has 1 aromatic heterocycles.